The quantitative estimate of drug-likeness (QED) is 0.498. The molecule has 0 aliphatic rings. The minimum Gasteiger partial charge on any atom is -0.287 e. The Morgan fingerprint density at radius 1 is 1.09 bits per heavy atom. The topological polar surface area (TPSA) is 41.6 Å². The van der Waals surface area contributed by atoms with E-state index >= 15 is 0 Å². The van der Waals surface area contributed by atoms with Crippen molar-refractivity contribution in [1.82, 2.24) is 9.55 Å². The monoisotopic (exact) mass is 319 g/mol. The second-order valence-corrected chi connectivity index (χ2v) is 6.28. The van der Waals surface area contributed by atoms with E-state index in [1.807, 2.05) is 24.4 Å². The number of nitriles is 1. The van der Waals surface area contributed by atoms with Gasteiger partial charge in [0, 0.05) is 23.4 Å². The first-order valence-corrected chi connectivity index (χ1v) is 8.48. The Kier molecular flexibility index (Phi) is 4.80. The van der Waals surface area contributed by atoms with E-state index in [-0.39, 0.29) is 0 Å². The highest BCUT2D eigenvalue weighted by Gasteiger charge is 2.13. The molecule has 0 spiro atoms. The van der Waals surface area contributed by atoms with Gasteiger partial charge in [0.1, 0.15) is 0 Å². The second-order valence-electron chi connectivity index (χ2n) is 5.22. The molecule has 0 aliphatic carbocycles. The van der Waals surface area contributed by atoms with E-state index in [4.69, 9.17) is 5.26 Å². The molecule has 0 fully saturated rings. The number of rotatable bonds is 5. The van der Waals surface area contributed by atoms with Gasteiger partial charge in [0.2, 0.25) is 0 Å². The van der Waals surface area contributed by atoms with Gasteiger partial charge in [0.15, 0.2) is 5.16 Å². The van der Waals surface area contributed by atoms with E-state index in [0.29, 0.717) is 6.42 Å². The van der Waals surface area contributed by atoms with Crippen LogP contribution in [0.5, 0.6) is 0 Å². The summed E-state index contributed by atoms with van der Waals surface area (Å²) in [6.45, 7) is 2.08. The Hall–Kier alpha value is -2.51. The lowest BCUT2D eigenvalue weighted by atomic mass is 10.1. The van der Waals surface area contributed by atoms with E-state index in [9.17, 15) is 0 Å². The van der Waals surface area contributed by atoms with E-state index in [1.54, 1.807) is 11.8 Å². The van der Waals surface area contributed by atoms with Crippen LogP contribution in [0.2, 0.25) is 0 Å². The van der Waals surface area contributed by atoms with Gasteiger partial charge in [-0.25, -0.2) is 4.98 Å². The first-order chi connectivity index (χ1) is 11.3. The van der Waals surface area contributed by atoms with E-state index < -0.39 is 0 Å². The molecule has 1 heterocycles. The average molecular weight is 319 g/mol. The maximum absolute atomic E-state index is 8.75. The number of thioether (sulfide) groups is 1. The number of aromatic nitrogens is 2. The summed E-state index contributed by atoms with van der Waals surface area (Å²) in [5.74, 6) is 0.744. The summed E-state index contributed by atoms with van der Waals surface area (Å²) in [4.78, 5) is 4.58. The first-order valence-electron chi connectivity index (χ1n) is 7.49. The van der Waals surface area contributed by atoms with E-state index in [2.05, 4.69) is 58.9 Å². The predicted molar refractivity (Wildman–Crippen MR) is 94.7 cm³/mol. The van der Waals surface area contributed by atoms with Gasteiger partial charge in [-0.2, -0.15) is 5.26 Å². The highest BCUT2D eigenvalue weighted by atomic mass is 32.2. The number of aryl methyl sites for hydroxylation is 1. The third kappa shape index (κ3) is 3.46. The number of hydrogen-bond donors (Lipinski definition) is 0. The molecule has 0 unspecified atom stereocenters. The minimum absolute atomic E-state index is 0.520. The molecule has 0 N–H and O–H groups in total. The summed E-state index contributed by atoms with van der Waals surface area (Å²) in [7, 11) is 0. The second kappa shape index (κ2) is 7.17. The number of imidazole rings is 1. The van der Waals surface area contributed by atoms with Crippen LogP contribution in [-0.4, -0.2) is 15.3 Å². The van der Waals surface area contributed by atoms with Gasteiger partial charge in [-0.3, -0.25) is 4.57 Å². The van der Waals surface area contributed by atoms with Crippen LogP contribution in [0.4, 0.5) is 0 Å². The summed E-state index contributed by atoms with van der Waals surface area (Å²) >= 11 is 1.61. The lowest BCUT2D eigenvalue weighted by Gasteiger charge is -2.12. The molecule has 0 amide bonds. The van der Waals surface area contributed by atoms with Crippen LogP contribution in [0, 0.1) is 18.3 Å². The smallest absolute Gasteiger partial charge is 0.173 e. The number of para-hydroxylation sites is 1. The third-order valence-electron chi connectivity index (χ3n) is 3.54. The SMILES string of the molecule is Cc1ccc(-c2cnc(SCCC#N)n2-c2ccccc2)cc1. The molecule has 3 nitrogen and oxygen atoms in total. The lowest BCUT2D eigenvalue weighted by molar-refractivity contribution is 0.900. The van der Waals surface area contributed by atoms with Crippen molar-refractivity contribution in [2.75, 3.05) is 5.75 Å². The van der Waals surface area contributed by atoms with Crippen LogP contribution in [0.1, 0.15) is 12.0 Å². The molecule has 4 heteroatoms. The van der Waals surface area contributed by atoms with Crippen molar-refractivity contribution >= 4 is 11.8 Å². The van der Waals surface area contributed by atoms with Crippen molar-refractivity contribution in [2.45, 2.75) is 18.5 Å². The highest BCUT2D eigenvalue weighted by molar-refractivity contribution is 7.99. The summed E-state index contributed by atoms with van der Waals surface area (Å²) in [5, 5.41) is 9.67. The van der Waals surface area contributed by atoms with Gasteiger partial charge in [0.25, 0.3) is 0 Å². The number of hydrogen-bond acceptors (Lipinski definition) is 3. The third-order valence-corrected chi connectivity index (χ3v) is 4.49. The molecule has 114 valence electrons. The van der Waals surface area contributed by atoms with Crippen molar-refractivity contribution in [3.05, 3.63) is 66.4 Å². The molecule has 0 bridgehead atoms. The molecule has 0 aliphatic heterocycles. The molecule has 3 rings (SSSR count). The van der Waals surface area contributed by atoms with Crippen LogP contribution in [0.3, 0.4) is 0 Å². The molecule has 0 saturated heterocycles. The fourth-order valence-corrected chi connectivity index (χ4v) is 3.22. The maximum atomic E-state index is 8.75. The summed E-state index contributed by atoms with van der Waals surface area (Å²) in [6.07, 6.45) is 2.43. The Labute approximate surface area is 140 Å². The van der Waals surface area contributed by atoms with Crippen molar-refractivity contribution in [3.63, 3.8) is 0 Å². The Balaban J connectivity index is 2.06. The first kappa shape index (κ1) is 15.4. The molecular formula is C19H17N3S. The van der Waals surface area contributed by atoms with Crippen LogP contribution in [0.25, 0.3) is 16.9 Å². The number of benzene rings is 2. The lowest BCUT2D eigenvalue weighted by Crippen LogP contribution is -1.99. The zero-order valence-electron chi connectivity index (χ0n) is 12.9. The van der Waals surface area contributed by atoms with Crippen LogP contribution < -0.4 is 0 Å². The molecular weight excluding hydrogens is 302 g/mol. The van der Waals surface area contributed by atoms with Crippen molar-refractivity contribution < 1.29 is 0 Å². The Bertz CT molecular complexity index is 814. The molecule has 1 aromatic heterocycles. The van der Waals surface area contributed by atoms with Gasteiger partial charge in [-0.15, -0.1) is 0 Å². The minimum atomic E-state index is 0.520. The average Bonchev–Trinajstić information content (AvgIpc) is 3.00. The van der Waals surface area contributed by atoms with E-state index in [1.165, 1.54) is 5.56 Å². The van der Waals surface area contributed by atoms with Crippen molar-refractivity contribution in [3.8, 4) is 23.0 Å². The molecule has 23 heavy (non-hydrogen) atoms. The molecule has 0 saturated carbocycles. The number of nitrogens with zero attached hydrogens (tertiary/aromatic N) is 3. The zero-order valence-corrected chi connectivity index (χ0v) is 13.8. The Morgan fingerprint density at radius 2 is 1.83 bits per heavy atom. The summed E-state index contributed by atoms with van der Waals surface area (Å²) in [5.41, 5.74) is 4.53. The van der Waals surface area contributed by atoms with Crippen LogP contribution in [0.15, 0.2) is 66.0 Å². The largest absolute Gasteiger partial charge is 0.287 e. The van der Waals surface area contributed by atoms with Gasteiger partial charge in [0.05, 0.1) is 18.0 Å². The molecule has 2 aromatic carbocycles. The fraction of sp³-hybridized carbons (Fsp3) is 0.158. The summed E-state index contributed by atoms with van der Waals surface area (Å²) in [6, 6.07) is 20.9. The van der Waals surface area contributed by atoms with Crippen molar-refractivity contribution in [2.24, 2.45) is 0 Å². The Morgan fingerprint density at radius 3 is 2.52 bits per heavy atom. The van der Waals surface area contributed by atoms with Gasteiger partial charge in [-0.05, 0) is 19.1 Å². The standard InChI is InChI=1S/C19H17N3S/c1-15-8-10-16(11-9-15)18-14-21-19(23-13-5-12-20)22(18)17-6-3-2-4-7-17/h2-4,6-11,14H,5,13H2,1H3. The zero-order chi connectivity index (χ0) is 16.1. The van der Waals surface area contributed by atoms with E-state index in [0.717, 1.165) is 27.9 Å². The normalized spacial score (nSPS) is 10.4. The predicted octanol–water partition coefficient (Wildman–Crippen LogP) is 4.85. The molecule has 0 radical (unpaired) electrons. The van der Waals surface area contributed by atoms with Gasteiger partial charge >= 0.3 is 0 Å². The summed E-state index contributed by atoms with van der Waals surface area (Å²) < 4.78 is 2.16. The van der Waals surface area contributed by atoms with Gasteiger partial charge in [-0.1, -0.05) is 59.8 Å². The maximum Gasteiger partial charge on any atom is 0.173 e. The fourth-order valence-electron chi connectivity index (χ4n) is 2.38. The van der Waals surface area contributed by atoms with Crippen molar-refractivity contribution in [1.29, 1.82) is 5.26 Å². The van der Waals surface area contributed by atoms with Gasteiger partial charge < -0.3 is 0 Å². The molecule has 3 aromatic rings. The highest BCUT2D eigenvalue weighted by Crippen LogP contribution is 2.30. The van der Waals surface area contributed by atoms with Crippen LogP contribution in [-0.2, 0) is 0 Å². The van der Waals surface area contributed by atoms with Crippen LogP contribution >= 0.6 is 11.8 Å². The molecule has 0 atom stereocenters.